The van der Waals surface area contributed by atoms with Gasteiger partial charge in [0.15, 0.2) is 5.58 Å². The highest BCUT2D eigenvalue weighted by Crippen LogP contribution is 2.28. The molecule has 0 saturated carbocycles. The summed E-state index contributed by atoms with van der Waals surface area (Å²) in [6.45, 7) is 3.28. The molecule has 1 aromatic heterocycles. The number of hydrogen-bond donors (Lipinski definition) is 1. The van der Waals surface area contributed by atoms with Crippen molar-refractivity contribution in [2.45, 2.75) is 0 Å². The lowest BCUT2D eigenvalue weighted by Crippen LogP contribution is -2.41. The number of aromatic nitrogens is 1. The van der Waals surface area contributed by atoms with Crippen LogP contribution in [0.4, 0.5) is 5.69 Å². The summed E-state index contributed by atoms with van der Waals surface area (Å²) in [6, 6.07) is 19.9. The fourth-order valence-electron chi connectivity index (χ4n) is 3.61. The Morgan fingerprint density at radius 2 is 1.83 bits per heavy atom. The maximum atomic E-state index is 12.3. The quantitative estimate of drug-likeness (QED) is 0.575. The number of carbonyl (C=O) groups excluding carboxylic acids is 1. The van der Waals surface area contributed by atoms with Gasteiger partial charge in [-0.2, -0.15) is 0 Å². The Morgan fingerprint density at radius 3 is 2.69 bits per heavy atom. The maximum Gasteiger partial charge on any atom is 0.238 e. The van der Waals surface area contributed by atoms with Gasteiger partial charge in [-0.25, -0.2) is 4.98 Å². The van der Waals surface area contributed by atoms with Crippen molar-refractivity contribution in [1.82, 2.24) is 9.88 Å². The van der Waals surface area contributed by atoms with Crippen LogP contribution in [0.15, 0.2) is 65.1 Å². The second-order valence-corrected chi connectivity index (χ2v) is 7.20. The smallest absolute Gasteiger partial charge is 0.238 e. The van der Waals surface area contributed by atoms with Crippen LogP contribution in [0.25, 0.3) is 33.3 Å². The average molecular weight is 387 g/mol. The molecule has 146 valence electrons. The van der Waals surface area contributed by atoms with Crippen molar-refractivity contribution in [3.05, 3.63) is 60.7 Å². The molecule has 6 nitrogen and oxygen atoms in total. The summed E-state index contributed by atoms with van der Waals surface area (Å²) in [5.74, 6) is 0.534. The van der Waals surface area contributed by atoms with Crippen LogP contribution < -0.4 is 5.32 Å². The summed E-state index contributed by atoms with van der Waals surface area (Å²) < 4.78 is 11.3. The lowest BCUT2D eigenvalue weighted by molar-refractivity contribution is -0.118. The normalized spacial score (nSPS) is 15.0. The van der Waals surface area contributed by atoms with Crippen LogP contribution in [0.3, 0.4) is 0 Å². The number of rotatable bonds is 4. The van der Waals surface area contributed by atoms with Crippen molar-refractivity contribution in [3.63, 3.8) is 0 Å². The van der Waals surface area contributed by atoms with Gasteiger partial charge < -0.3 is 14.5 Å². The number of nitrogens with zero attached hydrogens (tertiary/aromatic N) is 2. The third-order valence-corrected chi connectivity index (χ3v) is 5.14. The lowest BCUT2D eigenvalue weighted by Gasteiger charge is -2.25. The number of ether oxygens (including phenoxy) is 1. The molecule has 0 atom stereocenters. The fourth-order valence-corrected chi connectivity index (χ4v) is 3.61. The molecule has 1 fully saturated rings. The van der Waals surface area contributed by atoms with E-state index in [4.69, 9.17) is 9.15 Å². The van der Waals surface area contributed by atoms with Gasteiger partial charge in [0, 0.05) is 24.3 Å². The van der Waals surface area contributed by atoms with E-state index in [1.165, 1.54) is 5.39 Å². The zero-order valence-corrected chi connectivity index (χ0v) is 15.9. The SMILES string of the molecule is O=C(CN1CCOCC1)Nc1ccc2oc(-c3ccc4ccccc4c3)nc2c1. The summed E-state index contributed by atoms with van der Waals surface area (Å²) in [7, 11) is 0. The van der Waals surface area contributed by atoms with E-state index in [-0.39, 0.29) is 5.91 Å². The van der Waals surface area contributed by atoms with Crippen LogP contribution in [0.5, 0.6) is 0 Å². The van der Waals surface area contributed by atoms with Crippen LogP contribution in [0.2, 0.25) is 0 Å². The summed E-state index contributed by atoms with van der Waals surface area (Å²) in [5.41, 5.74) is 3.06. The number of amides is 1. The molecule has 1 amide bonds. The summed E-state index contributed by atoms with van der Waals surface area (Å²) in [6.07, 6.45) is 0. The Hall–Kier alpha value is -3.22. The molecule has 1 aliphatic rings. The first-order chi connectivity index (χ1) is 14.2. The van der Waals surface area contributed by atoms with E-state index in [2.05, 4.69) is 39.5 Å². The van der Waals surface area contributed by atoms with E-state index < -0.39 is 0 Å². The molecule has 3 aromatic carbocycles. The van der Waals surface area contributed by atoms with Gasteiger partial charge >= 0.3 is 0 Å². The monoisotopic (exact) mass is 387 g/mol. The van der Waals surface area contributed by atoms with E-state index >= 15 is 0 Å². The van der Waals surface area contributed by atoms with Crippen molar-refractivity contribution in [3.8, 4) is 11.5 Å². The highest BCUT2D eigenvalue weighted by molar-refractivity contribution is 5.94. The third-order valence-electron chi connectivity index (χ3n) is 5.14. The van der Waals surface area contributed by atoms with E-state index in [1.54, 1.807) is 0 Å². The average Bonchev–Trinajstić information content (AvgIpc) is 3.17. The minimum atomic E-state index is -0.0375. The second-order valence-electron chi connectivity index (χ2n) is 7.20. The van der Waals surface area contributed by atoms with Crippen molar-refractivity contribution in [2.24, 2.45) is 0 Å². The van der Waals surface area contributed by atoms with E-state index in [9.17, 15) is 4.79 Å². The molecular weight excluding hydrogens is 366 g/mol. The molecule has 0 bridgehead atoms. The zero-order chi connectivity index (χ0) is 19.6. The predicted molar refractivity (Wildman–Crippen MR) is 113 cm³/mol. The van der Waals surface area contributed by atoms with Gasteiger partial charge in [-0.05, 0) is 41.1 Å². The van der Waals surface area contributed by atoms with Crippen LogP contribution in [0.1, 0.15) is 0 Å². The molecule has 29 heavy (non-hydrogen) atoms. The fraction of sp³-hybridized carbons (Fsp3) is 0.217. The molecule has 4 aromatic rings. The zero-order valence-electron chi connectivity index (χ0n) is 15.9. The molecule has 5 rings (SSSR count). The Kier molecular flexibility index (Phi) is 4.71. The summed E-state index contributed by atoms with van der Waals surface area (Å²) in [4.78, 5) is 19.0. The molecule has 1 aliphatic heterocycles. The lowest BCUT2D eigenvalue weighted by atomic mass is 10.1. The van der Waals surface area contributed by atoms with Crippen LogP contribution in [0, 0.1) is 0 Å². The summed E-state index contributed by atoms with van der Waals surface area (Å²) >= 11 is 0. The Balaban J connectivity index is 1.35. The number of benzene rings is 3. The van der Waals surface area contributed by atoms with Crippen LogP contribution in [-0.4, -0.2) is 48.6 Å². The van der Waals surface area contributed by atoms with Gasteiger partial charge in [-0.15, -0.1) is 0 Å². The molecule has 6 heteroatoms. The van der Waals surface area contributed by atoms with E-state index in [0.717, 1.165) is 29.6 Å². The van der Waals surface area contributed by atoms with Crippen molar-refractivity contribution in [1.29, 1.82) is 0 Å². The Bertz CT molecular complexity index is 1180. The third kappa shape index (κ3) is 3.85. The number of carbonyl (C=O) groups is 1. The first-order valence-electron chi connectivity index (χ1n) is 9.74. The molecule has 0 radical (unpaired) electrons. The molecule has 1 N–H and O–H groups in total. The number of anilines is 1. The second kappa shape index (κ2) is 7.66. The standard InChI is InChI=1S/C23H21N3O3/c27-22(15-26-9-11-28-12-10-26)24-19-7-8-21-20(14-19)25-23(29-21)18-6-5-16-3-1-2-4-17(16)13-18/h1-8,13-14H,9-12,15H2,(H,24,27). The minimum absolute atomic E-state index is 0.0375. The van der Waals surface area contributed by atoms with Crippen molar-refractivity contribution < 1.29 is 13.9 Å². The highest BCUT2D eigenvalue weighted by Gasteiger charge is 2.15. The Labute approximate surface area is 168 Å². The first kappa shape index (κ1) is 17.8. The van der Waals surface area contributed by atoms with Crippen LogP contribution in [-0.2, 0) is 9.53 Å². The molecule has 2 heterocycles. The minimum Gasteiger partial charge on any atom is -0.436 e. The molecule has 0 unspecified atom stereocenters. The number of nitrogens with one attached hydrogen (secondary N) is 1. The van der Waals surface area contributed by atoms with E-state index in [0.29, 0.717) is 36.9 Å². The summed E-state index contributed by atoms with van der Waals surface area (Å²) in [5, 5.41) is 5.27. The van der Waals surface area contributed by atoms with Crippen molar-refractivity contribution >= 4 is 33.5 Å². The largest absolute Gasteiger partial charge is 0.436 e. The van der Waals surface area contributed by atoms with Gasteiger partial charge in [-0.1, -0.05) is 30.3 Å². The van der Waals surface area contributed by atoms with E-state index in [1.807, 2.05) is 36.4 Å². The molecular formula is C23H21N3O3. The maximum absolute atomic E-state index is 12.3. The topological polar surface area (TPSA) is 67.6 Å². The van der Waals surface area contributed by atoms with Crippen molar-refractivity contribution in [2.75, 3.05) is 38.2 Å². The highest BCUT2D eigenvalue weighted by atomic mass is 16.5. The molecule has 0 aliphatic carbocycles. The number of fused-ring (bicyclic) bond motifs is 2. The van der Waals surface area contributed by atoms with Gasteiger partial charge in [0.2, 0.25) is 11.8 Å². The van der Waals surface area contributed by atoms with Gasteiger partial charge in [-0.3, -0.25) is 9.69 Å². The molecule has 0 spiro atoms. The van der Waals surface area contributed by atoms with Gasteiger partial charge in [0.1, 0.15) is 5.52 Å². The predicted octanol–water partition coefficient (Wildman–Crippen LogP) is 3.92. The van der Waals surface area contributed by atoms with Gasteiger partial charge in [0.25, 0.3) is 0 Å². The Morgan fingerprint density at radius 1 is 1.00 bits per heavy atom. The van der Waals surface area contributed by atoms with Crippen LogP contribution >= 0.6 is 0 Å². The number of morpholine rings is 1. The first-order valence-corrected chi connectivity index (χ1v) is 9.74. The number of oxazole rings is 1. The number of hydrogen-bond acceptors (Lipinski definition) is 5. The van der Waals surface area contributed by atoms with Gasteiger partial charge in [0.05, 0.1) is 19.8 Å². The molecule has 1 saturated heterocycles.